The fourth-order valence-electron chi connectivity index (χ4n) is 1.23. The molecule has 0 aromatic carbocycles. The summed E-state index contributed by atoms with van der Waals surface area (Å²) in [5, 5.41) is 3.21. The first kappa shape index (κ1) is 9.52. The minimum atomic E-state index is -0.536. The molecule has 70 valence electrons. The summed E-state index contributed by atoms with van der Waals surface area (Å²) in [5.41, 5.74) is -0.643. The van der Waals surface area contributed by atoms with Crippen LogP contribution in [0.25, 0.3) is 0 Å². The van der Waals surface area contributed by atoms with Gasteiger partial charge in [-0.15, -0.1) is 0 Å². The molecule has 1 rings (SSSR count). The van der Waals surface area contributed by atoms with Gasteiger partial charge in [0.15, 0.2) is 0 Å². The van der Waals surface area contributed by atoms with Gasteiger partial charge in [0.05, 0.1) is 0 Å². The van der Waals surface area contributed by atoms with Crippen LogP contribution in [0.1, 0.15) is 27.7 Å². The number of rotatable bonds is 0. The standard InChI is InChI=1S/C9H17NO2/c1-8(2,3)9(4)7(11)12-6-5-10-9/h10H,5-6H2,1-4H3. The predicted octanol–water partition coefficient (Wildman–Crippen LogP) is 0.938. The van der Waals surface area contributed by atoms with Crippen LogP contribution in [-0.4, -0.2) is 24.7 Å². The van der Waals surface area contributed by atoms with E-state index in [0.717, 1.165) is 6.54 Å². The summed E-state index contributed by atoms with van der Waals surface area (Å²) < 4.78 is 5.02. The van der Waals surface area contributed by atoms with Crippen LogP contribution in [0.3, 0.4) is 0 Å². The van der Waals surface area contributed by atoms with Crippen molar-refractivity contribution in [2.24, 2.45) is 5.41 Å². The highest BCUT2D eigenvalue weighted by molar-refractivity contribution is 5.82. The zero-order chi connectivity index (χ0) is 9.41. The van der Waals surface area contributed by atoms with Gasteiger partial charge in [0, 0.05) is 6.54 Å². The lowest BCUT2D eigenvalue weighted by Crippen LogP contribution is -2.62. The van der Waals surface area contributed by atoms with E-state index in [1.54, 1.807) is 0 Å². The Morgan fingerprint density at radius 1 is 1.50 bits per heavy atom. The molecule has 3 nitrogen and oxygen atoms in total. The number of hydrogen-bond acceptors (Lipinski definition) is 3. The molecule has 1 atom stereocenters. The first-order valence-electron chi connectivity index (χ1n) is 4.30. The van der Waals surface area contributed by atoms with Crippen LogP contribution >= 0.6 is 0 Å². The molecule has 1 unspecified atom stereocenters. The van der Waals surface area contributed by atoms with Crippen molar-refractivity contribution in [3.8, 4) is 0 Å². The Morgan fingerprint density at radius 2 is 2.08 bits per heavy atom. The van der Waals surface area contributed by atoms with E-state index in [4.69, 9.17) is 4.74 Å². The average Bonchev–Trinajstić information content (AvgIpc) is 1.93. The predicted molar refractivity (Wildman–Crippen MR) is 46.8 cm³/mol. The Morgan fingerprint density at radius 3 is 2.42 bits per heavy atom. The Bertz CT molecular complexity index is 195. The molecule has 1 heterocycles. The lowest BCUT2D eigenvalue weighted by atomic mass is 9.74. The van der Waals surface area contributed by atoms with Crippen LogP contribution in [0.15, 0.2) is 0 Å². The fourth-order valence-corrected chi connectivity index (χ4v) is 1.23. The first-order valence-corrected chi connectivity index (χ1v) is 4.30. The van der Waals surface area contributed by atoms with E-state index in [2.05, 4.69) is 5.32 Å². The second-order valence-corrected chi connectivity index (χ2v) is 4.44. The van der Waals surface area contributed by atoms with Gasteiger partial charge in [-0.3, -0.25) is 10.1 Å². The molecule has 0 radical (unpaired) electrons. The Balaban J connectivity index is 2.87. The van der Waals surface area contributed by atoms with E-state index in [1.165, 1.54) is 0 Å². The maximum atomic E-state index is 11.5. The van der Waals surface area contributed by atoms with Crippen LogP contribution in [0.2, 0.25) is 0 Å². The third-order valence-electron chi connectivity index (χ3n) is 2.72. The van der Waals surface area contributed by atoms with Gasteiger partial charge in [0.25, 0.3) is 0 Å². The zero-order valence-corrected chi connectivity index (χ0v) is 8.23. The molecule has 0 aromatic rings. The molecular formula is C9H17NO2. The van der Waals surface area contributed by atoms with E-state index in [9.17, 15) is 4.79 Å². The van der Waals surface area contributed by atoms with Gasteiger partial charge >= 0.3 is 5.97 Å². The van der Waals surface area contributed by atoms with E-state index >= 15 is 0 Å². The molecule has 1 saturated heterocycles. The van der Waals surface area contributed by atoms with Crippen molar-refractivity contribution in [2.75, 3.05) is 13.2 Å². The Kier molecular flexibility index (Phi) is 2.17. The van der Waals surface area contributed by atoms with Gasteiger partial charge in [0.1, 0.15) is 12.1 Å². The smallest absolute Gasteiger partial charge is 0.326 e. The van der Waals surface area contributed by atoms with E-state index in [-0.39, 0.29) is 11.4 Å². The van der Waals surface area contributed by atoms with Crippen LogP contribution in [-0.2, 0) is 9.53 Å². The highest BCUT2D eigenvalue weighted by Gasteiger charge is 2.46. The van der Waals surface area contributed by atoms with E-state index in [1.807, 2.05) is 27.7 Å². The average molecular weight is 171 g/mol. The highest BCUT2D eigenvalue weighted by Crippen LogP contribution is 2.32. The van der Waals surface area contributed by atoms with Crippen molar-refractivity contribution >= 4 is 5.97 Å². The lowest BCUT2D eigenvalue weighted by Gasteiger charge is -2.42. The third kappa shape index (κ3) is 1.33. The molecule has 12 heavy (non-hydrogen) atoms. The molecule has 1 N–H and O–H groups in total. The minimum Gasteiger partial charge on any atom is -0.463 e. The molecule has 0 aliphatic carbocycles. The van der Waals surface area contributed by atoms with Gasteiger partial charge in [-0.1, -0.05) is 20.8 Å². The Hall–Kier alpha value is -0.570. The number of cyclic esters (lactones) is 1. The summed E-state index contributed by atoms with van der Waals surface area (Å²) in [5.74, 6) is -0.138. The molecule has 0 saturated carbocycles. The maximum absolute atomic E-state index is 11.5. The number of nitrogens with one attached hydrogen (secondary N) is 1. The van der Waals surface area contributed by atoms with Crippen molar-refractivity contribution in [1.82, 2.24) is 5.32 Å². The summed E-state index contributed by atoms with van der Waals surface area (Å²) >= 11 is 0. The van der Waals surface area contributed by atoms with Gasteiger partial charge in [-0.05, 0) is 12.3 Å². The number of carbonyl (C=O) groups is 1. The fraction of sp³-hybridized carbons (Fsp3) is 0.889. The molecule has 1 aliphatic heterocycles. The van der Waals surface area contributed by atoms with E-state index < -0.39 is 5.54 Å². The second-order valence-electron chi connectivity index (χ2n) is 4.44. The number of morpholine rings is 1. The zero-order valence-electron chi connectivity index (χ0n) is 8.23. The number of esters is 1. The molecule has 3 heteroatoms. The second kappa shape index (κ2) is 2.73. The molecule has 0 aromatic heterocycles. The topological polar surface area (TPSA) is 38.3 Å². The molecule has 0 spiro atoms. The van der Waals surface area contributed by atoms with Gasteiger partial charge < -0.3 is 4.74 Å². The molecule has 1 fully saturated rings. The molecular weight excluding hydrogens is 154 g/mol. The van der Waals surface area contributed by atoms with Crippen molar-refractivity contribution in [2.45, 2.75) is 33.2 Å². The van der Waals surface area contributed by atoms with Crippen LogP contribution in [0.4, 0.5) is 0 Å². The minimum absolute atomic E-state index is 0.107. The van der Waals surface area contributed by atoms with Crippen LogP contribution < -0.4 is 5.32 Å². The third-order valence-corrected chi connectivity index (χ3v) is 2.72. The maximum Gasteiger partial charge on any atom is 0.326 e. The van der Waals surface area contributed by atoms with Crippen molar-refractivity contribution in [1.29, 1.82) is 0 Å². The molecule has 0 amide bonds. The lowest BCUT2D eigenvalue weighted by molar-refractivity contribution is -0.161. The van der Waals surface area contributed by atoms with Gasteiger partial charge in [0.2, 0.25) is 0 Å². The summed E-state index contributed by atoms with van der Waals surface area (Å²) in [6.45, 7) is 9.24. The first-order chi connectivity index (χ1) is 5.38. The van der Waals surface area contributed by atoms with Crippen molar-refractivity contribution < 1.29 is 9.53 Å². The number of ether oxygens (including phenoxy) is 1. The SMILES string of the molecule is CC(C)(C)C1(C)NCCOC1=O. The largest absolute Gasteiger partial charge is 0.463 e. The Labute approximate surface area is 73.5 Å². The normalized spacial score (nSPS) is 31.5. The highest BCUT2D eigenvalue weighted by atomic mass is 16.5. The van der Waals surface area contributed by atoms with Crippen molar-refractivity contribution in [3.63, 3.8) is 0 Å². The summed E-state index contributed by atoms with van der Waals surface area (Å²) in [4.78, 5) is 11.5. The van der Waals surface area contributed by atoms with E-state index in [0.29, 0.717) is 6.61 Å². The molecule has 1 aliphatic rings. The van der Waals surface area contributed by atoms with Gasteiger partial charge in [-0.2, -0.15) is 0 Å². The summed E-state index contributed by atoms with van der Waals surface area (Å²) in [6, 6.07) is 0. The summed E-state index contributed by atoms with van der Waals surface area (Å²) in [6.07, 6.45) is 0. The quantitative estimate of drug-likeness (QED) is 0.551. The molecule has 0 bridgehead atoms. The van der Waals surface area contributed by atoms with Crippen LogP contribution in [0.5, 0.6) is 0 Å². The number of carbonyl (C=O) groups excluding carboxylic acids is 1. The van der Waals surface area contributed by atoms with Gasteiger partial charge in [-0.25, -0.2) is 0 Å². The van der Waals surface area contributed by atoms with Crippen LogP contribution in [0, 0.1) is 5.41 Å². The number of hydrogen-bond donors (Lipinski definition) is 1. The monoisotopic (exact) mass is 171 g/mol. The van der Waals surface area contributed by atoms with Crippen molar-refractivity contribution in [3.05, 3.63) is 0 Å². The summed E-state index contributed by atoms with van der Waals surface area (Å²) in [7, 11) is 0.